The topological polar surface area (TPSA) is 482 Å². The number of pyridine rings is 2. The number of amides is 2. The van der Waals surface area contributed by atoms with Gasteiger partial charge >= 0.3 is 12.2 Å². The number of rotatable bonds is 24. The predicted octanol–water partition coefficient (Wildman–Crippen LogP) is 14.4. The molecule has 0 radical (unpaired) electrons. The number of likely N-dealkylation sites (tertiary alicyclic amines) is 2. The minimum Gasteiger partial charge on any atom is -0.444 e. The smallest absolute Gasteiger partial charge is 0.410 e. The Bertz CT molecular complexity index is 6150. The van der Waals surface area contributed by atoms with Gasteiger partial charge in [-0.25, -0.2) is 62.1 Å². The predicted molar refractivity (Wildman–Crippen MR) is 541 cm³/mol. The first-order chi connectivity index (χ1) is 67.0. The third-order valence-electron chi connectivity index (χ3n) is 26.2. The van der Waals surface area contributed by atoms with Crippen LogP contribution >= 0.6 is 31.9 Å². The first-order valence-electron chi connectivity index (χ1n) is 48.7. The van der Waals surface area contributed by atoms with Crippen LogP contribution in [-0.4, -0.2) is 249 Å². The fourth-order valence-corrected chi connectivity index (χ4v) is 22.5. The molecule has 39 nitrogen and oxygen atoms in total. The number of tetrazole rings is 4. The average molecular weight is 2140 g/mol. The number of hydrogen-bond donors (Lipinski definition) is 7. The molecule has 4 aliphatic heterocycles. The highest BCUT2D eigenvalue weighted by atomic mass is 79.9. The van der Waals surface area contributed by atoms with Gasteiger partial charge in [0.05, 0.1) is 49.6 Å². The highest BCUT2D eigenvalue weighted by Crippen LogP contribution is 2.39. The minimum absolute atomic E-state index is 0.104. The van der Waals surface area contributed by atoms with E-state index in [0.717, 1.165) is 140 Å². The van der Waals surface area contributed by atoms with Gasteiger partial charge in [0, 0.05) is 108 Å². The van der Waals surface area contributed by atoms with Crippen LogP contribution in [0.25, 0.3) is 45.6 Å². The van der Waals surface area contributed by atoms with Crippen molar-refractivity contribution >= 4 is 95.5 Å². The van der Waals surface area contributed by atoms with E-state index in [4.69, 9.17) is 14.6 Å². The Labute approximate surface area is 839 Å². The number of anilines is 2. The summed E-state index contributed by atoms with van der Waals surface area (Å²) in [5, 5.41) is 60.6. The molecule has 0 bridgehead atoms. The van der Waals surface area contributed by atoms with E-state index in [9.17, 15) is 43.3 Å². The summed E-state index contributed by atoms with van der Waals surface area (Å²) < 4.78 is 120. The van der Waals surface area contributed by atoms with Crippen LogP contribution in [0, 0.1) is 17.8 Å². The zero-order valence-electron chi connectivity index (χ0n) is 81.6. The second-order valence-electron chi connectivity index (χ2n) is 38.7. The highest BCUT2D eigenvalue weighted by Gasteiger charge is 2.36. The number of ether oxygens (including phenoxy) is 2. The standard InChI is InChI=1S/C24H31N7O2S.C23H35N7O4S.C19H28N6O2S.C15H21N5O2S.C9H16BrNO2.C5H4BrN/c1-25-34(32,33)22-10-9-19(14-18-6-3-2-4-7-18)23(15-22)24-27-29-31(28-24)21-11-13-30(17-21)20-8-5-12-26-16-20;1-23(2,3)34-22(31)29-13-12-17(15-29)30-27-21(26-28-30)19-14-18(35(32,33)24-4)10-11-20(19)25-16-8-6-5-7-9-16;1-20-28(26,27)17-8-7-15(11-14-5-3-2-4-6-14)18(12-17)19-22-24-25(23-19)16-9-10-21-13-16;1-16-23(21,22)13-8-7-12(9-11-5-3-2-4-6-11)14(10-13)15-17-19-20-18-15;1-9(2,3)13-8(12)11-5-4-7(10)6-11;6-5-2-1-3-7-4-5/h5,8-10,12,15-16,18,21,25H,2-4,6-7,11,13-14,17H2,1H3;10-11,14,16-17,24-25H,5-9,12-13,15H2,1-4H3;7-8,12,14,16,20-21H,2-6,9-11,13H2,1H3;7-8,10-11,16H,2-6,9H2,1H3,(H,17,18,19,20);7H,4-6H2,1-3H3;1-4H. The van der Waals surface area contributed by atoms with Crippen molar-refractivity contribution in [2.45, 2.75) is 275 Å². The zero-order valence-corrected chi connectivity index (χ0v) is 88.1. The lowest BCUT2D eigenvalue weighted by Crippen LogP contribution is -2.35. The molecule has 2 amide bonds. The molecule has 10 aromatic rings. The van der Waals surface area contributed by atoms with Gasteiger partial charge in [-0.3, -0.25) is 9.97 Å². The summed E-state index contributed by atoms with van der Waals surface area (Å²) in [5.74, 6) is 3.65. The fraction of sp³-hybridized carbons (Fsp3) is 0.579. The maximum atomic E-state index is 12.5. The normalized spacial score (nSPS) is 19.2. The van der Waals surface area contributed by atoms with E-state index >= 15 is 0 Å². The van der Waals surface area contributed by atoms with Crippen molar-refractivity contribution in [3.05, 3.63) is 143 Å². The van der Waals surface area contributed by atoms with Crippen LogP contribution in [0.5, 0.6) is 0 Å². The number of hydrogen-bond acceptors (Lipinski definition) is 29. The van der Waals surface area contributed by atoms with Crippen LogP contribution in [0.1, 0.15) is 230 Å². The summed E-state index contributed by atoms with van der Waals surface area (Å²) >= 11 is 6.73. The summed E-state index contributed by atoms with van der Waals surface area (Å²) in [7, 11) is -8.60. The van der Waals surface area contributed by atoms with Crippen molar-refractivity contribution in [1.29, 1.82) is 0 Å². The summed E-state index contributed by atoms with van der Waals surface area (Å²) in [4.78, 5) is 43.7. The quantitative estimate of drug-likeness (QED) is 0.0276. The first-order valence-corrected chi connectivity index (χ1v) is 56.4. The number of carbonyl (C=O) groups excluding carboxylic acids is 2. The van der Waals surface area contributed by atoms with Crippen molar-refractivity contribution in [1.82, 2.24) is 125 Å². The minimum atomic E-state index is -3.64. The Kier molecular flexibility index (Phi) is 38.3. The van der Waals surface area contributed by atoms with Gasteiger partial charge in [-0.15, -0.1) is 40.8 Å². The van der Waals surface area contributed by atoms with Crippen LogP contribution in [-0.2, 0) is 68.8 Å². The molecule has 0 spiro atoms. The Hall–Kier alpha value is -9.84. The second-order valence-corrected chi connectivity index (χ2v) is 48.5. The Morgan fingerprint density at radius 2 is 0.850 bits per heavy atom. The lowest BCUT2D eigenvalue weighted by Gasteiger charge is -2.25. The lowest BCUT2D eigenvalue weighted by atomic mass is 9.84. The number of benzene rings is 4. The van der Waals surface area contributed by atoms with Crippen LogP contribution in [0.15, 0.2) is 146 Å². The van der Waals surface area contributed by atoms with Crippen LogP contribution in [0.3, 0.4) is 0 Å². The number of aromatic nitrogens is 18. The number of sulfonamides is 4. The van der Waals surface area contributed by atoms with Crippen LogP contribution in [0.2, 0.25) is 0 Å². The van der Waals surface area contributed by atoms with E-state index in [1.807, 2.05) is 84.1 Å². The number of nitrogens with zero attached hydrogens (tertiary/aromatic N) is 20. The van der Waals surface area contributed by atoms with Crippen molar-refractivity contribution in [2.75, 3.05) is 90.8 Å². The molecular formula is C95H135Br2N27O12S4. The van der Waals surface area contributed by atoms with E-state index in [-0.39, 0.29) is 55.5 Å². The molecule has 45 heteroatoms. The molecule has 8 aliphatic rings. The Morgan fingerprint density at radius 1 is 0.443 bits per heavy atom. The summed E-state index contributed by atoms with van der Waals surface area (Å²) in [5.41, 5.74) is 7.05. The maximum Gasteiger partial charge on any atom is 0.410 e. The molecule has 4 aromatic carbocycles. The van der Waals surface area contributed by atoms with E-state index in [1.165, 1.54) is 149 Å². The lowest BCUT2D eigenvalue weighted by molar-refractivity contribution is 0.0280. The number of nitrogens with one attached hydrogen (secondary N) is 7. The van der Waals surface area contributed by atoms with E-state index in [0.29, 0.717) is 77.0 Å². The van der Waals surface area contributed by atoms with Crippen molar-refractivity contribution < 1.29 is 52.7 Å². The van der Waals surface area contributed by atoms with Gasteiger partial charge in [0.15, 0.2) is 0 Å². The summed E-state index contributed by atoms with van der Waals surface area (Å²) in [6.45, 7) is 17.1. The van der Waals surface area contributed by atoms with Gasteiger partial charge in [-0.2, -0.15) is 19.6 Å². The number of alkyl halides is 1. The first kappa shape index (κ1) is 107. The van der Waals surface area contributed by atoms with E-state index in [1.54, 1.807) is 92.6 Å². The molecule has 6 aromatic heterocycles. The molecule has 8 fully saturated rings. The van der Waals surface area contributed by atoms with Gasteiger partial charge < -0.3 is 34.8 Å². The third kappa shape index (κ3) is 30.6. The van der Waals surface area contributed by atoms with Crippen LogP contribution in [0.4, 0.5) is 21.0 Å². The molecular weight excluding hydrogens is 2000 g/mol. The van der Waals surface area contributed by atoms with Gasteiger partial charge in [0.2, 0.25) is 63.4 Å². The Morgan fingerprint density at radius 3 is 1.24 bits per heavy atom. The number of aromatic amines is 1. The maximum absolute atomic E-state index is 12.5. The summed E-state index contributed by atoms with van der Waals surface area (Å²) in [6.07, 6.45) is 37.5. The number of carbonyl (C=O) groups is 2. The molecule has 140 heavy (non-hydrogen) atoms. The van der Waals surface area contributed by atoms with Gasteiger partial charge in [-0.1, -0.05) is 150 Å². The van der Waals surface area contributed by atoms with E-state index < -0.39 is 45.7 Å². The van der Waals surface area contributed by atoms with Crippen LogP contribution < -0.4 is 34.4 Å². The zero-order chi connectivity index (χ0) is 99.8. The fourth-order valence-electron chi connectivity index (χ4n) is 18.6. The molecule has 4 saturated heterocycles. The highest BCUT2D eigenvalue weighted by molar-refractivity contribution is 9.10. The second kappa shape index (κ2) is 49.9. The van der Waals surface area contributed by atoms with Gasteiger partial charge in [0.25, 0.3) is 0 Å². The molecule has 7 N–H and O–H groups in total. The molecule has 760 valence electrons. The van der Waals surface area contributed by atoms with Crippen molar-refractivity contribution in [3.63, 3.8) is 0 Å². The molecule has 4 saturated carbocycles. The summed E-state index contributed by atoms with van der Waals surface area (Å²) in [6, 6.07) is 29.0. The SMILES string of the molecule is Brc1cccnc1.CC(C)(C)OC(=O)N1CCC(Br)C1.CNS(=O)(=O)c1ccc(CC2CCCCC2)c(-c2nn[nH]n2)c1.CNS(=O)(=O)c1ccc(CC2CCCCC2)c(-c2nnn(C3CCN(c4cccnc4)C3)n2)c1.CNS(=O)(=O)c1ccc(CC2CCCCC2)c(-c2nnn(C3CCNC3)n2)c1.CNS(=O)(=O)c1ccc(NC2CCCCC2)c(-c2nnn(C3CCN(C(=O)OC(C)(C)C)C3)n2)c1. The van der Waals surface area contributed by atoms with Crippen molar-refractivity contribution in [3.8, 4) is 45.6 Å². The van der Waals surface area contributed by atoms with Gasteiger partial charge in [0.1, 0.15) is 11.2 Å². The number of H-pyrrole nitrogens is 1. The Balaban J connectivity index is 0.000000148. The monoisotopic (exact) mass is 2130 g/mol. The van der Waals surface area contributed by atoms with E-state index in [2.05, 4.69) is 144 Å². The number of halogens is 2. The molecule has 4 atom stereocenters. The molecule has 10 heterocycles. The van der Waals surface area contributed by atoms with Gasteiger partial charge in [-0.05, 0) is 284 Å². The largest absolute Gasteiger partial charge is 0.444 e. The van der Waals surface area contributed by atoms with Crippen molar-refractivity contribution in [2.24, 2.45) is 17.8 Å². The average Bonchev–Trinajstić information content (AvgIpc) is 1.64. The molecule has 18 rings (SSSR count). The third-order valence-corrected chi connectivity index (χ3v) is 33.1. The molecule has 4 unspecified atom stereocenters. The molecule has 4 aliphatic carbocycles.